The average Bonchev–Trinajstić information content (AvgIpc) is 3.39. The van der Waals surface area contributed by atoms with Crippen molar-refractivity contribution in [3.63, 3.8) is 0 Å². The number of carbonyl (C=O) groups excluding carboxylic acids is 3. The smallest absolute Gasteiger partial charge is 0.258 e. The van der Waals surface area contributed by atoms with Crippen molar-refractivity contribution in [3.8, 4) is 11.5 Å². The first-order chi connectivity index (χ1) is 16.1. The summed E-state index contributed by atoms with van der Waals surface area (Å²) in [5.41, 5.74) is -5.06. The number of benzene rings is 2. The van der Waals surface area contributed by atoms with Crippen LogP contribution >= 0.6 is 0 Å². The molecule has 1 aliphatic carbocycles. The number of nitrogens with zero attached hydrogens (tertiary/aromatic N) is 1. The second-order valence-corrected chi connectivity index (χ2v) is 9.09. The maximum atomic E-state index is 14.1. The molecule has 0 saturated carbocycles. The first kappa shape index (κ1) is 21.4. The lowest BCUT2D eigenvalue weighted by atomic mass is 9.65. The number of carbonyl (C=O) groups is 3. The van der Waals surface area contributed by atoms with Gasteiger partial charge < -0.3 is 39.2 Å². The Balaban J connectivity index is 1.69. The number of phenolic OH excluding ortho intramolecular Hbond substituents is 2. The van der Waals surface area contributed by atoms with Crippen LogP contribution in [0.1, 0.15) is 43.1 Å². The Morgan fingerprint density at radius 1 is 1.12 bits per heavy atom. The summed E-state index contributed by atoms with van der Waals surface area (Å²) in [6, 6.07) is 2.56. The molecule has 3 aliphatic heterocycles. The molecule has 178 valence electrons. The Hall–Kier alpha value is -3.09. The van der Waals surface area contributed by atoms with Gasteiger partial charge in [0, 0.05) is 38.8 Å². The zero-order chi connectivity index (χ0) is 24.4. The van der Waals surface area contributed by atoms with Crippen LogP contribution in [0.5, 0.6) is 11.5 Å². The second-order valence-electron chi connectivity index (χ2n) is 9.09. The minimum absolute atomic E-state index is 0.0153. The summed E-state index contributed by atoms with van der Waals surface area (Å²) >= 11 is 0. The number of hydrogen-bond acceptors (Lipinski definition) is 10. The molecule has 1 unspecified atom stereocenters. The molecule has 3 N–H and O–H groups in total. The summed E-state index contributed by atoms with van der Waals surface area (Å²) in [6.07, 6.45) is -1.13. The second kappa shape index (κ2) is 6.32. The molecule has 0 bridgehead atoms. The maximum Gasteiger partial charge on any atom is 0.258 e. The Labute approximate surface area is 192 Å². The Morgan fingerprint density at radius 3 is 2.53 bits per heavy atom. The third-order valence-electron chi connectivity index (χ3n) is 7.58. The van der Waals surface area contributed by atoms with E-state index in [-0.39, 0.29) is 46.2 Å². The van der Waals surface area contributed by atoms with E-state index >= 15 is 0 Å². The average molecular weight is 471 g/mol. The molecule has 34 heavy (non-hydrogen) atoms. The molecule has 2 saturated heterocycles. The van der Waals surface area contributed by atoms with Crippen molar-refractivity contribution in [1.82, 2.24) is 4.90 Å². The lowest BCUT2D eigenvalue weighted by Crippen LogP contribution is -2.71. The predicted molar refractivity (Wildman–Crippen MR) is 112 cm³/mol. The first-order valence-corrected chi connectivity index (χ1v) is 10.6. The molecule has 11 nitrogen and oxygen atoms in total. The van der Waals surface area contributed by atoms with Crippen LogP contribution in [0.2, 0.25) is 0 Å². The molecule has 0 radical (unpaired) electrons. The van der Waals surface area contributed by atoms with E-state index in [0.29, 0.717) is 5.56 Å². The fourth-order valence-electron chi connectivity index (χ4n) is 5.97. The van der Waals surface area contributed by atoms with Crippen molar-refractivity contribution in [2.45, 2.75) is 36.2 Å². The van der Waals surface area contributed by atoms with E-state index in [4.69, 9.17) is 18.9 Å². The standard InChI is InChI=1S/C23H21NO10/c1-24-7-11-14-9(5-12(25)15(11)20(24)29)4-10-16(17(14)26)19(28)23-21(30,18(10)27)8-33-22(23,32-3)6-13(31-2)34-23/h4-5,13,25-26,30H,6-8H2,1-3H3/t13?,21-,22+,23+/m1/s1. The minimum Gasteiger partial charge on any atom is -0.507 e. The van der Waals surface area contributed by atoms with Crippen LogP contribution in [0.4, 0.5) is 0 Å². The summed E-state index contributed by atoms with van der Waals surface area (Å²) in [7, 11) is 4.14. The number of aliphatic hydroxyl groups is 1. The quantitative estimate of drug-likeness (QED) is 0.563. The Morgan fingerprint density at radius 2 is 1.85 bits per heavy atom. The first-order valence-electron chi connectivity index (χ1n) is 10.6. The van der Waals surface area contributed by atoms with E-state index in [9.17, 15) is 29.7 Å². The molecule has 1 amide bonds. The monoisotopic (exact) mass is 471 g/mol. The predicted octanol–water partition coefficient (Wildman–Crippen LogP) is 0.451. The number of Topliss-reactive ketones (excluding diaryl/α,β-unsaturated/α-hetero) is 2. The van der Waals surface area contributed by atoms with E-state index in [1.54, 1.807) is 0 Å². The third-order valence-corrected chi connectivity index (χ3v) is 7.58. The van der Waals surface area contributed by atoms with Crippen LogP contribution in [0.25, 0.3) is 10.8 Å². The van der Waals surface area contributed by atoms with Crippen molar-refractivity contribution in [3.05, 3.63) is 34.4 Å². The van der Waals surface area contributed by atoms with Crippen LogP contribution in [0, 0.1) is 0 Å². The summed E-state index contributed by atoms with van der Waals surface area (Å²) in [5.74, 6) is -4.94. The SMILES string of the molecule is COC1C[C@]2(OC)OC[C@@]3(O)C(=O)c4cc5cc(O)c6c(c5c(O)c4C(=O)[C@@]23O1)CN(C)C6=O. The van der Waals surface area contributed by atoms with Crippen LogP contribution in [0.15, 0.2) is 12.1 Å². The van der Waals surface area contributed by atoms with Gasteiger partial charge in [0.25, 0.3) is 5.91 Å². The number of ether oxygens (including phenoxy) is 4. The van der Waals surface area contributed by atoms with Crippen molar-refractivity contribution in [1.29, 1.82) is 0 Å². The topological polar surface area (TPSA) is 152 Å². The molecule has 2 fully saturated rings. The van der Waals surface area contributed by atoms with Gasteiger partial charge in [-0.3, -0.25) is 14.4 Å². The molecular formula is C23H21NO10. The number of rotatable bonds is 2. The lowest BCUT2D eigenvalue weighted by molar-refractivity contribution is -0.237. The van der Waals surface area contributed by atoms with E-state index < -0.39 is 53.1 Å². The molecule has 6 rings (SSSR count). The van der Waals surface area contributed by atoms with E-state index in [1.807, 2.05) is 0 Å². The van der Waals surface area contributed by atoms with Gasteiger partial charge in [-0.1, -0.05) is 0 Å². The third kappa shape index (κ3) is 2.05. The molecule has 2 aromatic rings. The van der Waals surface area contributed by atoms with Crippen molar-refractivity contribution >= 4 is 28.2 Å². The van der Waals surface area contributed by atoms with Gasteiger partial charge in [-0.2, -0.15) is 0 Å². The summed E-state index contributed by atoms with van der Waals surface area (Å²) in [5, 5.41) is 33.8. The number of aromatic hydroxyl groups is 2. The Bertz CT molecular complexity index is 1350. The van der Waals surface area contributed by atoms with Gasteiger partial charge in [-0.15, -0.1) is 0 Å². The van der Waals surface area contributed by atoms with Gasteiger partial charge in [0.2, 0.25) is 23.0 Å². The number of fused-ring (bicyclic) bond motifs is 4. The minimum atomic E-state index is -2.45. The van der Waals surface area contributed by atoms with Gasteiger partial charge >= 0.3 is 0 Å². The molecule has 3 heterocycles. The highest BCUT2D eigenvalue weighted by molar-refractivity contribution is 6.27. The van der Waals surface area contributed by atoms with Gasteiger partial charge in [0.1, 0.15) is 11.5 Å². The molecule has 0 aromatic heterocycles. The summed E-state index contributed by atoms with van der Waals surface area (Å²) in [4.78, 5) is 41.7. The van der Waals surface area contributed by atoms with Crippen LogP contribution in [-0.4, -0.2) is 88.8 Å². The van der Waals surface area contributed by atoms with Gasteiger partial charge in [0.05, 0.1) is 24.2 Å². The van der Waals surface area contributed by atoms with E-state index in [2.05, 4.69) is 0 Å². The lowest BCUT2D eigenvalue weighted by Gasteiger charge is -2.44. The summed E-state index contributed by atoms with van der Waals surface area (Å²) in [6.45, 7) is -0.495. The molecule has 2 aromatic carbocycles. The highest BCUT2D eigenvalue weighted by Gasteiger charge is 2.83. The Kier molecular flexibility index (Phi) is 3.98. The fourth-order valence-corrected chi connectivity index (χ4v) is 5.97. The zero-order valence-corrected chi connectivity index (χ0v) is 18.5. The van der Waals surface area contributed by atoms with Crippen LogP contribution in [0.3, 0.4) is 0 Å². The molecule has 4 aliphatic rings. The van der Waals surface area contributed by atoms with Gasteiger partial charge in [0.15, 0.2) is 11.9 Å². The largest absolute Gasteiger partial charge is 0.507 e. The number of ketones is 2. The molecule has 1 spiro atoms. The molecule has 11 heteroatoms. The van der Waals surface area contributed by atoms with E-state index in [1.165, 1.54) is 38.3 Å². The fraction of sp³-hybridized carbons (Fsp3) is 0.435. The highest BCUT2D eigenvalue weighted by Crippen LogP contribution is 2.60. The van der Waals surface area contributed by atoms with Crippen LogP contribution < -0.4 is 0 Å². The molecular weight excluding hydrogens is 450 g/mol. The van der Waals surface area contributed by atoms with Gasteiger partial charge in [-0.05, 0) is 23.1 Å². The van der Waals surface area contributed by atoms with Crippen LogP contribution in [-0.2, 0) is 25.5 Å². The van der Waals surface area contributed by atoms with Gasteiger partial charge in [-0.25, -0.2) is 0 Å². The maximum absolute atomic E-state index is 14.1. The zero-order valence-electron chi connectivity index (χ0n) is 18.5. The highest BCUT2D eigenvalue weighted by atomic mass is 16.8. The van der Waals surface area contributed by atoms with E-state index in [0.717, 1.165) is 0 Å². The normalized spacial score (nSPS) is 33.9. The number of methoxy groups -OCH3 is 2. The number of phenols is 2. The summed E-state index contributed by atoms with van der Waals surface area (Å²) < 4.78 is 22.4. The van der Waals surface area contributed by atoms with Crippen molar-refractivity contribution < 1.29 is 48.7 Å². The number of hydrogen-bond donors (Lipinski definition) is 3. The van der Waals surface area contributed by atoms with Crippen molar-refractivity contribution in [2.75, 3.05) is 27.9 Å². The molecule has 4 atom stereocenters. The number of amides is 1. The van der Waals surface area contributed by atoms with Crippen molar-refractivity contribution in [2.24, 2.45) is 0 Å².